The number of piperazine rings is 1. The van der Waals surface area contributed by atoms with E-state index < -0.39 is 37.2 Å². The number of carbonyl (C=O) groups is 1. The summed E-state index contributed by atoms with van der Waals surface area (Å²) >= 11 is 6.27. The van der Waals surface area contributed by atoms with Crippen LogP contribution in [0.3, 0.4) is 0 Å². The first-order valence-electron chi connectivity index (χ1n) is 20.3. The standard InChI is InChI=1S/C44H47ClN8O7S/c1-59-20-15-47-27-38-39(46)23-35(24-40(38)53(55)56)61(57,58)50-43(54)36-8-7-33(22-41(36)60-34-21-30-10-14-48-42(30)49-26-34)52-18-16-51(17-19-52)28-31-9-13-44(11-2-12-44)25-37(31)29-3-5-32(45)6-4-29/h3-8,10,14,21-24,26-27,46-47H,2,9,11-13,15-20,25,28H2,1H3,(H,48,49)(H,50,54)/b38-27+,46-39?. The predicted octanol–water partition coefficient (Wildman–Crippen LogP) is 7.20. The lowest BCUT2D eigenvalue weighted by atomic mass is 9.59. The molecule has 4 aromatic rings. The van der Waals surface area contributed by atoms with Crippen molar-refractivity contribution in [1.29, 1.82) is 5.41 Å². The number of pyridine rings is 1. The Kier molecular flexibility index (Phi) is 12.1. The first-order chi connectivity index (χ1) is 29.4. The second-order valence-corrected chi connectivity index (χ2v) is 18.1. The molecule has 1 saturated carbocycles. The van der Waals surface area contributed by atoms with E-state index in [2.05, 4.69) is 37.2 Å². The molecule has 2 aromatic carbocycles. The fourth-order valence-electron chi connectivity index (χ4n) is 8.55. The van der Waals surface area contributed by atoms with Gasteiger partial charge in [-0.3, -0.25) is 25.2 Å². The number of aromatic nitrogens is 2. The number of anilines is 1. The van der Waals surface area contributed by atoms with Gasteiger partial charge in [0.2, 0.25) is 0 Å². The number of hydrogen-bond acceptors (Lipinski definition) is 12. The molecule has 1 aliphatic heterocycles. The second-order valence-electron chi connectivity index (χ2n) is 15.9. The van der Waals surface area contributed by atoms with Gasteiger partial charge in [0.05, 0.1) is 39.5 Å². The van der Waals surface area contributed by atoms with E-state index in [0.29, 0.717) is 43.1 Å². The Morgan fingerprint density at radius 2 is 1.87 bits per heavy atom. The Morgan fingerprint density at radius 3 is 2.59 bits per heavy atom. The normalized spacial score (nSPS) is 18.8. The Balaban J connectivity index is 1.01. The van der Waals surface area contributed by atoms with Crippen molar-refractivity contribution in [3.63, 3.8) is 0 Å². The lowest BCUT2D eigenvalue weighted by molar-refractivity contribution is -0.420. The first kappa shape index (κ1) is 41.9. The summed E-state index contributed by atoms with van der Waals surface area (Å²) in [4.78, 5) is 36.6. The Morgan fingerprint density at radius 1 is 1.08 bits per heavy atom. The van der Waals surface area contributed by atoms with E-state index in [4.69, 9.17) is 26.5 Å². The molecule has 0 unspecified atom stereocenters. The average Bonchev–Trinajstić information content (AvgIpc) is 3.71. The van der Waals surface area contributed by atoms with Crippen LogP contribution in [-0.2, 0) is 14.8 Å². The van der Waals surface area contributed by atoms with Crippen LogP contribution in [0.25, 0.3) is 16.6 Å². The molecule has 0 atom stereocenters. The number of aromatic amines is 1. The fourth-order valence-corrected chi connectivity index (χ4v) is 9.69. The monoisotopic (exact) mass is 866 g/mol. The van der Waals surface area contributed by atoms with Gasteiger partial charge in [0.15, 0.2) is 0 Å². The van der Waals surface area contributed by atoms with Crippen molar-refractivity contribution in [1.82, 2.24) is 24.9 Å². The molecular formula is C44H47ClN8O7S. The molecule has 318 valence electrons. The van der Waals surface area contributed by atoms with Gasteiger partial charge in [0.1, 0.15) is 17.1 Å². The molecule has 4 aliphatic rings. The highest BCUT2D eigenvalue weighted by Gasteiger charge is 2.41. The predicted molar refractivity (Wildman–Crippen MR) is 235 cm³/mol. The number of ether oxygens (including phenoxy) is 2. The zero-order valence-corrected chi connectivity index (χ0v) is 35.3. The number of nitrogens with zero attached hydrogens (tertiary/aromatic N) is 4. The smallest absolute Gasteiger partial charge is 0.281 e. The third kappa shape index (κ3) is 9.27. The minimum absolute atomic E-state index is 0.0868. The van der Waals surface area contributed by atoms with Gasteiger partial charge in [0.25, 0.3) is 21.6 Å². The molecule has 15 nitrogen and oxygen atoms in total. The number of fused-ring (bicyclic) bond motifs is 1. The third-order valence-corrected chi connectivity index (χ3v) is 13.6. The number of hydrogen-bond donors (Lipinski definition) is 4. The molecule has 8 rings (SSSR count). The highest BCUT2D eigenvalue weighted by Crippen LogP contribution is 2.55. The van der Waals surface area contributed by atoms with E-state index in [1.54, 1.807) is 24.4 Å². The fraction of sp³-hybridized carbons (Fsp3) is 0.341. The van der Waals surface area contributed by atoms with E-state index in [-0.39, 0.29) is 16.9 Å². The van der Waals surface area contributed by atoms with Gasteiger partial charge < -0.3 is 24.7 Å². The van der Waals surface area contributed by atoms with Crippen molar-refractivity contribution in [3.8, 4) is 11.5 Å². The maximum Gasteiger partial charge on any atom is 0.281 e. The quantitative estimate of drug-likeness (QED) is 0.0569. The Hall–Kier alpha value is -5.81. The van der Waals surface area contributed by atoms with Gasteiger partial charge in [-0.05, 0) is 91.1 Å². The van der Waals surface area contributed by atoms with Crippen molar-refractivity contribution < 1.29 is 27.6 Å². The molecule has 1 amide bonds. The molecule has 0 bridgehead atoms. The number of carbonyl (C=O) groups excluding carboxylic acids is 1. The number of H-pyrrole nitrogens is 1. The molecule has 0 radical (unpaired) electrons. The number of allylic oxidation sites excluding steroid dienone is 4. The maximum atomic E-state index is 13.9. The van der Waals surface area contributed by atoms with E-state index in [9.17, 15) is 23.3 Å². The van der Waals surface area contributed by atoms with E-state index in [1.165, 1.54) is 68.0 Å². The number of methoxy groups -OCH3 is 1. The van der Waals surface area contributed by atoms with Crippen LogP contribution in [-0.4, -0.2) is 92.8 Å². The van der Waals surface area contributed by atoms with Crippen LogP contribution in [0.1, 0.15) is 54.4 Å². The lowest BCUT2D eigenvalue weighted by Crippen LogP contribution is -2.47. The van der Waals surface area contributed by atoms with Crippen molar-refractivity contribution in [3.05, 3.63) is 133 Å². The van der Waals surface area contributed by atoms with Gasteiger partial charge >= 0.3 is 0 Å². The maximum absolute atomic E-state index is 13.9. The van der Waals surface area contributed by atoms with Crippen molar-refractivity contribution >= 4 is 55.5 Å². The number of sulfonamides is 1. The van der Waals surface area contributed by atoms with E-state index in [0.717, 1.165) is 60.7 Å². The average molecular weight is 867 g/mol. The van der Waals surface area contributed by atoms with E-state index >= 15 is 0 Å². The summed E-state index contributed by atoms with van der Waals surface area (Å²) in [5.41, 5.74) is 4.85. The Bertz CT molecular complexity index is 2610. The number of benzene rings is 2. The molecule has 4 N–H and O–H groups in total. The number of nitro groups is 1. The van der Waals surface area contributed by atoms with E-state index in [1.807, 2.05) is 22.9 Å². The number of halogens is 1. The summed E-state index contributed by atoms with van der Waals surface area (Å²) in [5, 5.41) is 24.7. The summed E-state index contributed by atoms with van der Waals surface area (Å²) in [5.74, 6) is -0.602. The van der Waals surface area contributed by atoms with Crippen LogP contribution in [0.2, 0.25) is 5.02 Å². The molecule has 1 saturated heterocycles. The van der Waals surface area contributed by atoms with Crippen LogP contribution < -0.4 is 19.7 Å². The third-order valence-electron chi connectivity index (χ3n) is 12.1. The second kappa shape index (κ2) is 17.7. The van der Waals surface area contributed by atoms with Gasteiger partial charge in [-0.1, -0.05) is 35.7 Å². The summed E-state index contributed by atoms with van der Waals surface area (Å²) < 4.78 is 40.6. The minimum Gasteiger partial charge on any atom is -0.455 e. The van der Waals surface area contributed by atoms with Crippen LogP contribution in [0.15, 0.2) is 107 Å². The highest BCUT2D eigenvalue weighted by molar-refractivity contribution is 7.94. The van der Waals surface area contributed by atoms with Crippen LogP contribution in [0.4, 0.5) is 5.69 Å². The van der Waals surface area contributed by atoms with Crippen molar-refractivity contribution in [2.24, 2.45) is 5.41 Å². The summed E-state index contributed by atoms with van der Waals surface area (Å²) in [6.07, 6.45) is 13.6. The molecule has 61 heavy (non-hydrogen) atoms. The van der Waals surface area contributed by atoms with Gasteiger partial charge in [-0.25, -0.2) is 18.1 Å². The minimum atomic E-state index is -4.70. The topological polar surface area (TPSA) is 196 Å². The molecule has 2 aromatic heterocycles. The number of rotatable bonds is 14. The SMILES string of the molecule is COCCN/C=C1\C(=N)C=C(S(=O)(=O)NC(=O)c2ccc(N3CCN(CC4=C(c5ccc(Cl)cc5)CC5(CCC5)CC4)CC3)cc2Oc2cnc3[nH]ccc3c2)C=C1[N+](=O)[O-]. The molecule has 3 aliphatic carbocycles. The summed E-state index contributed by atoms with van der Waals surface area (Å²) in [6.45, 7) is 4.58. The largest absolute Gasteiger partial charge is 0.455 e. The molecular weight excluding hydrogens is 820 g/mol. The van der Waals surface area contributed by atoms with Crippen LogP contribution in [0, 0.1) is 20.9 Å². The van der Waals surface area contributed by atoms with Crippen molar-refractivity contribution in [2.75, 3.05) is 57.9 Å². The number of nitrogens with one attached hydrogen (secondary N) is 4. The lowest BCUT2D eigenvalue weighted by Gasteiger charge is -2.47. The van der Waals surface area contributed by atoms with Crippen LogP contribution >= 0.6 is 11.6 Å². The van der Waals surface area contributed by atoms with Crippen molar-refractivity contribution in [2.45, 2.75) is 38.5 Å². The van der Waals surface area contributed by atoms with Gasteiger partial charge in [-0.15, -0.1) is 0 Å². The van der Waals surface area contributed by atoms with Crippen LogP contribution in [0.5, 0.6) is 11.5 Å². The molecule has 2 fully saturated rings. The summed E-state index contributed by atoms with van der Waals surface area (Å²) in [7, 11) is -3.20. The van der Waals surface area contributed by atoms with Gasteiger partial charge in [-0.2, -0.15) is 0 Å². The zero-order valence-electron chi connectivity index (χ0n) is 33.7. The number of amides is 1. The highest BCUT2D eigenvalue weighted by atomic mass is 35.5. The first-order valence-corrected chi connectivity index (χ1v) is 22.1. The Labute approximate surface area is 358 Å². The molecule has 17 heteroatoms. The zero-order chi connectivity index (χ0) is 42.7. The van der Waals surface area contributed by atoms with Gasteiger partial charge in [0, 0.05) is 87.0 Å². The summed E-state index contributed by atoms with van der Waals surface area (Å²) in [6, 6.07) is 16.8. The molecule has 1 spiro atoms. The molecule has 3 heterocycles.